The lowest BCUT2D eigenvalue weighted by molar-refractivity contribution is 0.405. The Morgan fingerprint density at radius 2 is 2.30 bits per heavy atom. The third-order valence-corrected chi connectivity index (χ3v) is 2.00. The highest BCUT2D eigenvalue weighted by Crippen LogP contribution is 2.08. The molecule has 0 spiro atoms. The topological polar surface area (TPSA) is 40.5 Å². The van der Waals surface area contributed by atoms with Crippen molar-refractivity contribution in [3.05, 3.63) is 22.4 Å². The normalized spacial score (nSPS) is 9.80. The average Bonchev–Trinajstić information content (AvgIpc) is 2.34. The molecule has 1 aromatic rings. The van der Waals surface area contributed by atoms with Crippen molar-refractivity contribution in [2.75, 3.05) is 0 Å². The molecule has 0 saturated heterocycles. The van der Waals surface area contributed by atoms with Gasteiger partial charge in [0.05, 0.1) is 0 Å². The number of hydrogen-bond acceptors (Lipinski definition) is 3. The Labute approximate surface area is 64.3 Å². The van der Waals surface area contributed by atoms with Crippen LogP contribution in [0, 0.1) is 0 Å². The number of rotatable bonds is 3. The summed E-state index contributed by atoms with van der Waals surface area (Å²) < 4.78 is 0. The van der Waals surface area contributed by atoms with E-state index in [1.165, 1.54) is 5.56 Å². The second-order valence-corrected chi connectivity index (χ2v) is 2.93. The molecular formula is C6H9BO2S. The van der Waals surface area contributed by atoms with Crippen molar-refractivity contribution < 1.29 is 10.0 Å². The molecule has 54 valence electrons. The maximum Gasteiger partial charge on any atom is 0.451 e. The molecular weight excluding hydrogens is 147 g/mol. The molecule has 0 aliphatic carbocycles. The second-order valence-electron chi connectivity index (χ2n) is 2.15. The summed E-state index contributed by atoms with van der Waals surface area (Å²) in [6.45, 7) is 0. The van der Waals surface area contributed by atoms with Crippen molar-refractivity contribution >= 4 is 18.5 Å². The maximum absolute atomic E-state index is 8.51. The Morgan fingerprint density at radius 1 is 1.50 bits per heavy atom. The third kappa shape index (κ3) is 2.52. The summed E-state index contributed by atoms with van der Waals surface area (Å²) in [5.74, 6) is 0. The summed E-state index contributed by atoms with van der Waals surface area (Å²) in [5, 5.41) is 21.0. The lowest BCUT2D eigenvalue weighted by atomic mass is 9.83. The molecule has 0 saturated carbocycles. The summed E-state index contributed by atoms with van der Waals surface area (Å²) in [5.41, 5.74) is 1.18. The van der Waals surface area contributed by atoms with Gasteiger partial charge in [-0.05, 0) is 35.1 Å². The molecule has 0 atom stereocenters. The molecule has 0 bridgehead atoms. The summed E-state index contributed by atoms with van der Waals surface area (Å²) in [7, 11) is -1.17. The second kappa shape index (κ2) is 3.76. The van der Waals surface area contributed by atoms with Crippen molar-refractivity contribution in [2.24, 2.45) is 0 Å². The number of thiophene rings is 1. The van der Waals surface area contributed by atoms with Crippen molar-refractivity contribution in [3.8, 4) is 0 Å². The van der Waals surface area contributed by atoms with Crippen molar-refractivity contribution in [1.29, 1.82) is 0 Å². The van der Waals surface area contributed by atoms with Crippen LogP contribution >= 0.6 is 11.3 Å². The van der Waals surface area contributed by atoms with Gasteiger partial charge < -0.3 is 10.0 Å². The molecule has 10 heavy (non-hydrogen) atoms. The van der Waals surface area contributed by atoms with Gasteiger partial charge in [-0.2, -0.15) is 11.3 Å². The largest absolute Gasteiger partial charge is 0.451 e. The zero-order valence-electron chi connectivity index (χ0n) is 5.53. The number of aryl methyl sites for hydroxylation is 1. The minimum Gasteiger partial charge on any atom is -0.427 e. The highest BCUT2D eigenvalue weighted by molar-refractivity contribution is 7.07. The lowest BCUT2D eigenvalue weighted by Gasteiger charge is -1.94. The van der Waals surface area contributed by atoms with Crippen LogP contribution in [0.3, 0.4) is 0 Å². The first kappa shape index (κ1) is 7.79. The van der Waals surface area contributed by atoms with Gasteiger partial charge in [0.2, 0.25) is 0 Å². The monoisotopic (exact) mass is 156 g/mol. The smallest absolute Gasteiger partial charge is 0.427 e. The Kier molecular flexibility index (Phi) is 2.93. The van der Waals surface area contributed by atoms with Crippen molar-refractivity contribution in [2.45, 2.75) is 12.7 Å². The zero-order valence-corrected chi connectivity index (χ0v) is 6.34. The van der Waals surface area contributed by atoms with Gasteiger partial charge in [-0.3, -0.25) is 0 Å². The van der Waals surface area contributed by atoms with Gasteiger partial charge in [0.15, 0.2) is 0 Å². The molecule has 1 rings (SSSR count). The van der Waals surface area contributed by atoms with E-state index in [9.17, 15) is 0 Å². The molecule has 0 aliphatic heterocycles. The van der Waals surface area contributed by atoms with E-state index in [4.69, 9.17) is 10.0 Å². The first-order valence-electron chi connectivity index (χ1n) is 3.16. The Bertz CT molecular complexity index is 174. The molecule has 0 amide bonds. The minimum absolute atomic E-state index is 0.427. The van der Waals surface area contributed by atoms with Crippen LogP contribution in [0.5, 0.6) is 0 Å². The van der Waals surface area contributed by atoms with Gasteiger partial charge in [0.25, 0.3) is 0 Å². The predicted octanol–water partition coefficient (Wildman–Crippen LogP) is 0.763. The van der Waals surface area contributed by atoms with E-state index in [2.05, 4.69) is 0 Å². The highest BCUT2D eigenvalue weighted by atomic mass is 32.1. The maximum atomic E-state index is 8.51. The molecule has 4 heteroatoms. The van der Waals surface area contributed by atoms with E-state index in [0.717, 1.165) is 6.42 Å². The molecule has 0 aromatic carbocycles. The van der Waals surface area contributed by atoms with Crippen LogP contribution in [-0.4, -0.2) is 17.2 Å². The van der Waals surface area contributed by atoms with Gasteiger partial charge >= 0.3 is 7.12 Å². The van der Waals surface area contributed by atoms with Crippen LogP contribution in [0.15, 0.2) is 16.8 Å². The quantitative estimate of drug-likeness (QED) is 0.634. The molecule has 2 nitrogen and oxygen atoms in total. The van der Waals surface area contributed by atoms with E-state index < -0.39 is 7.12 Å². The Morgan fingerprint density at radius 3 is 2.80 bits per heavy atom. The standard InChI is InChI=1S/C6H9BO2S/c8-7(9)3-1-6-2-4-10-5-6/h2,4-5,8-9H,1,3H2. The third-order valence-electron chi connectivity index (χ3n) is 1.27. The van der Waals surface area contributed by atoms with Crippen molar-refractivity contribution in [3.63, 3.8) is 0 Å². The Hall–Kier alpha value is -0.315. The first-order valence-corrected chi connectivity index (χ1v) is 4.10. The summed E-state index contributed by atoms with van der Waals surface area (Å²) in [4.78, 5) is 0. The lowest BCUT2D eigenvalue weighted by Crippen LogP contribution is -2.10. The fraction of sp³-hybridized carbons (Fsp3) is 0.333. The molecule has 0 aliphatic rings. The van der Waals surface area contributed by atoms with E-state index in [1.807, 2.05) is 16.8 Å². The number of hydrogen-bond donors (Lipinski definition) is 2. The van der Waals surface area contributed by atoms with Crippen LogP contribution in [0.2, 0.25) is 6.32 Å². The average molecular weight is 156 g/mol. The van der Waals surface area contributed by atoms with E-state index >= 15 is 0 Å². The molecule has 0 fully saturated rings. The molecule has 1 aromatic heterocycles. The fourth-order valence-corrected chi connectivity index (χ4v) is 1.43. The fourth-order valence-electron chi connectivity index (χ4n) is 0.731. The molecule has 1 heterocycles. The van der Waals surface area contributed by atoms with E-state index in [-0.39, 0.29) is 0 Å². The molecule has 0 radical (unpaired) electrons. The molecule has 2 N–H and O–H groups in total. The minimum atomic E-state index is -1.17. The van der Waals surface area contributed by atoms with E-state index in [0.29, 0.717) is 6.32 Å². The van der Waals surface area contributed by atoms with E-state index in [1.54, 1.807) is 11.3 Å². The van der Waals surface area contributed by atoms with Crippen molar-refractivity contribution in [1.82, 2.24) is 0 Å². The van der Waals surface area contributed by atoms with Gasteiger partial charge in [0.1, 0.15) is 0 Å². The summed E-state index contributed by atoms with van der Waals surface area (Å²) in [6.07, 6.45) is 1.18. The van der Waals surface area contributed by atoms with Gasteiger partial charge in [0, 0.05) is 0 Å². The van der Waals surface area contributed by atoms with Crippen LogP contribution in [-0.2, 0) is 6.42 Å². The first-order chi connectivity index (χ1) is 4.79. The SMILES string of the molecule is OB(O)CCc1ccsc1. The van der Waals surface area contributed by atoms with Gasteiger partial charge in [-0.25, -0.2) is 0 Å². The molecule has 0 unspecified atom stereocenters. The van der Waals surface area contributed by atoms with Gasteiger partial charge in [-0.15, -0.1) is 0 Å². The predicted molar refractivity (Wildman–Crippen MR) is 43.0 cm³/mol. The van der Waals surface area contributed by atoms with Gasteiger partial charge in [-0.1, -0.05) is 0 Å². The summed E-state index contributed by atoms with van der Waals surface area (Å²) in [6, 6.07) is 1.99. The van der Waals surface area contributed by atoms with Crippen LogP contribution in [0.4, 0.5) is 0 Å². The zero-order chi connectivity index (χ0) is 7.40. The highest BCUT2D eigenvalue weighted by Gasteiger charge is 2.05. The van der Waals surface area contributed by atoms with Crippen LogP contribution in [0.1, 0.15) is 5.56 Å². The summed E-state index contributed by atoms with van der Waals surface area (Å²) >= 11 is 1.63. The van der Waals surface area contributed by atoms with Crippen LogP contribution in [0.25, 0.3) is 0 Å². The van der Waals surface area contributed by atoms with Crippen LogP contribution < -0.4 is 0 Å². The Balaban J connectivity index is 2.28.